The molecule has 1 unspecified atom stereocenters. The van der Waals surface area contributed by atoms with Gasteiger partial charge < -0.3 is 19.3 Å². The van der Waals surface area contributed by atoms with Gasteiger partial charge in [-0.1, -0.05) is 18.2 Å². The van der Waals surface area contributed by atoms with Gasteiger partial charge in [0.1, 0.15) is 11.5 Å². The predicted octanol–water partition coefficient (Wildman–Crippen LogP) is 3.56. The summed E-state index contributed by atoms with van der Waals surface area (Å²) < 4.78 is 11.0. The number of benzene rings is 2. The fraction of sp³-hybridized carbons (Fsp3) is 0.391. The highest BCUT2D eigenvalue weighted by molar-refractivity contribution is 5.95. The van der Waals surface area contributed by atoms with Crippen molar-refractivity contribution in [2.75, 3.05) is 31.7 Å². The van der Waals surface area contributed by atoms with Crippen LogP contribution >= 0.6 is 0 Å². The van der Waals surface area contributed by atoms with Gasteiger partial charge in [-0.2, -0.15) is 0 Å². The van der Waals surface area contributed by atoms with E-state index in [0.29, 0.717) is 12.2 Å². The second-order valence-corrected chi connectivity index (χ2v) is 7.45. The topological polar surface area (TPSA) is 59.1 Å². The highest BCUT2D eigenvalue weighted by atomic mass is 16.5. The Morgan fingerprint density at radius 1 is 1.07 bits per heavy atom. The van der Waals surface area contributed by atoms with Crippen molar-refractivity contribution in [2.45, 2.75) is 31.7 Å². The van der Waals surface area contributed by atoms with Crippen molar-refractivity contribution in [1.29, 1.82) is 0 Å². The Morgan fingerprint density at radius 3 is 2.62 bits per heavy atom. The van der Waals surface area contributed by atoms with Gasteiger partial charge in [0.15, 0.2) is 6.61 Å². The van der Waals surface area contributed by atoms with Crippen LogP contribution in [0.4, 0.5) is 5.69 Å². The van der Waals surface area contributed by atoms with E-state index in [0.717, 1.165) is 49.4 Å². The van der Waals surface area contributed by atoms with Gasteiger partial charge in [-0.05, 0) is 49.1 Å². The fourth-order valence-electron chi connectivity index (χ4n) is 4.13. The predicted molar refractivity (Wildman–Crippen MR) is 110 cm³/mol. The van der Waals surface area contributed by atoms with Crippen molar-refractivity contribution in [2.24, 2.45) is 0 Å². The molecule has 0 aliphatic carbocycles. The third kappa shape index (κ3) is 4.21. The van der Waals surface area contributed by atoms with Gasteiger partial charge in [0.05, 0.1) is 13.2 Å². The Morgan fingerprint density at radius 2 is 1.90 bits per heavy atom. The minimum atomic E-state index is -0.0222. The van der Waals surface area contributed by atoms with Crippen molar-refractivity contribution in [3.8, 4) is 11.5 Å². The zero-order chi connectivity index (χ0) is 20.2. The SMILES string of the molecule is COc1ccc(C2CCCN2C(=O)COc2cccc(N3CCCC3=O)c2)cc1. The molecule has 2 aliphatic rings. The Kier molecular flexibility index (Phi) is 5.69. The van der Waals surface area contributed by atoms with Crippen molar-refractivity contribution in [1.82, 2.24) is 4.90 Å². The standard InChI is InChI=1S/C23H26N2O4/c1-28-19-11-9-17(10-12-19)21-7-3-14-25(21)23(27)16-29-20-6-2-5-18(15-20)24-13-4-8-22(24)26/h2,5-6,9-12,15,21H,3-4,7-8,13-14,16H2,1H3. The van der Waals surface area contributed by atoms with E-state index < -0.39 is 0 Å². The smallest absolute Gasteiger partial charge is 0.261 e. The third-order valence-electron chi connectivity index (χ3n) is 5.64. The Hall–Kier alpha value is -3.02. The number of amides is 2. The molecule has 2 heterocycles. The molecule has 0 N–H and O–H groups in total. The summed E-state index contributed by atoms with van der Waals surface area (Å²) >= 11 is 0. The first kappa shape index (κ1) is 19.3. The number of carbonyl (C=O) groups excluding carboxylic acids is 2. The molecule has 29 heavy (non-hydrogen) atoms. The van der Waals surface area contributed by atoms with Crippen molar-refractivity contribution < 1.29 is 19.1 Å². The molecular weight excluding hydrogens is 368 g/mol. The van der Waals surface area contributed by atoms with Crippen LogP contribution in [0.5, 0.6) is 11.5 Å². The Bertz CT molecular complexity index is 881. The van der Waals surface area contributed by atoms with Gasteiger partial charge in [-0.3, -0.25) is 9.59 Å². The van der Waals surface area contributed by atoms with Crippen molar-refractivity contribution >= 4 is 17.5 Å². The molecule has 0 bridgehead atoms. The van der Waals surface area contributed by atoms with Gasteiger partial charge in [-0.25, -0.2) is 0 Å². The van der Waals surface area contributed by atoms with E-state index in [4.69, 9.17) is 9.47 Å². The van der Waals surface area contributed by atoms with Crippen LogP contribution in [0.3, 0.4) is 0 Å². The van der Waals surface area contributed by atoms with Crippen molar-refractivity contribution in [3.63, 3.8) is 0 Å². The number of likely N-dealkylation sites (tertiary alicyclic amines) is 1. The molecule has 0 spiro atoms. The van der Waals surface area contributed by atoms with E-state index in [9.17, 15) is 9.59 Å². The molecule has 2 amide bonds. The average Bonchev–Trinajstić information content (AvgIpc) is 3.41. The zero-order valence-electron chi connectivity index (χ0n) is 16.7. The molecule has 0 radical (unpaired) electrons. The molecule has 2 aliphatic heterocycles. The maximum absolute atomic E-state index is 12.8. The summed E-state index contributed by atoms with van der Waals surface area (Å²) in [6.45, 7) is 1.46. The number of anilines is 1. The summed E-state index contributed by atoms with van der Waals surface area (Å²) in [6, 6.07) is 15.4. The lowest BCUT2D eigenvalue weighted by molar-refractivity contribution is -0.134. The number of ether oxygens (including phenoxy) is 2. The second-order valence-electron chi connectivity index (χ2n) is 7.45. The Balaban J connectivity index is 1.39. The van der Waals surface area contributed by atoms with Crippen LogP contribution in [-0.4, -0.2) is 43.5 Å². The summed E-state index contributed by atoms with van der Waals surface area (Å²) in [7, 11) is 1.65. The summed E-state index contributed by atoms with van der Waals surface area (Å²) in [4.78, 5) is 28.5. The van der Waals surface area contributed by atoms with Gasteiger partial charge >= 0.3 is 0 Å². The van der Waals surface area contributed by atoms with Crippen LogP contribution in [0.25, 0.3) is 0 Å². The average molecular weight is 394 g/mol. The van der Waals surface area contributed by atoms with Gasteiger partial charge in [-0.15, -0.1) is 0 Å². The molecule has 2 aromatic rings. The summed E-state index contributed by atoms with van der Waals surface area (Å²) in [5.74, 6) is 1.53. The molecule has 1 atom stereocenters. The quantitative estimate of drug-likeness (QED) is 0.752. The fourth-order valence-corrected chi connectivity index (χ4v) is 4.13. The molecular formula is C23H26N2O4. The summed E-state index contributed by atoms with van der Waals surface area (Å²) in [5.41, 5.74) is 1.95. The van der Waals surface area contributed by atoms with E-state index in [-0.39, 0.29) is 24.5 Å². The van der Waals surface area contributed by atoms with Crippen LogP contribution in [0.15, 0.2) is 48.5 Å². The lowest BCUT2D eigenvalue weighted by Crippen LogP contribution is -2.34. The highest BCUT2D eigenvalue weighted by Gasteiger charge is 2.30. The third-order valence-corrected chi connectivity index (χ3v) is 5.64. The van der Waals surface area contributed by atoms with Crippen LogP contribution in [-0.2, 0) is 9.59 Å². The molecule has 2 aromatic carbocycles. The normalized spacial score (nSPS) is 18.9. The van der Waals surface area contributed by atoms with Gasteiger partial charge in [0, 0.05) is 31.3 Å². The van der Waals surface area contributed by atoms with E-state index in [1.807, 2.05) is 53.4 Å². The monoisotopic (exact) mass is 394 g/mol. The Labute approximate surface area is 171 Å². The van der Waals surface area contributed by atoms with Gasteiger partial charge in [0.25, 0.3) is 5.91 Å². The number of carbonyl (C=O) groups is 2. The molecule has 2 fully saturated rings. The van der Waals surface area contributed by atoms with Crippen molar-refractivity contribution in [3.05, 3.63) is 54.1 Å². The minimum Gasteiger partial charge on any atom is -0.497 e. The largest absolute Gasteiger partial charge is 0.497 e. The number of hydrogen-bond donors (Lipinski definition) is 0. The maximum Gasteiger partial charge on any atom is 0.261 e. The number of nitrogens with zero attached hydrogens (tertiary/aromatic N) is 2. The first-order valence-electron chi connectivity index (χ1n) is 10.1. The first-order chi connectivity index (χ1) is 14.2. The summed E-state index contributed by atoms with van der Waals surface area (Å²) in [5, 5.41) is 0. The zero-order valence-corrected chi connectivity index (χ0v) is 16.7. The lowest BCUT2D eigenvalue weighted by Gasteiger charge is -2.25. The summed E-state index contributed by atoms with van der Waals surface area (Å²) in [6.07, 6.45) is 3.40. The minimum absolute atomic E-state index is 0.00987. The molecule has 0 aromatic heterocycles. The van der Waals surface area contributed by atoms with E-state index in [1.165, 1.54) is 0 Å². The van der Waals surface area contributed by atoms with E-state index in [1.54, 1.807) is 12.0 Å². The van der Waals surface area contributed by atoms with Crippen LogP contribution in [0, 0.1) is 0 Å². The van der Waals surface area contributed by atoms with Crippen LogP contribution < -0.4 is 14.4 Å². The second kappa shape index (κ2) is 8.55. The lowest BCUT2D eigenvalue weighted by atomic mass is 10.0. The number of rotatable bonds is 6. The highest BCUT2D eigenvalue weighted by Crippen LogP contribution is 2.33. The van der Waals surface area contributed by atoms with Crippen LogP contribution in [0.1, 0.15) is 37.3 Å². The molecule has 6 nitrogen and oxygen atoms in total. The van der Waals surface area contributed by atoms with Crippen LogP contribution in [0.2, 0.25) is 0 Å². The van der Waals surface area contributed by atoms with E-state index in [2.05, 4.69) is 0 Å². The molecule has 6 heteroatoms. The molecule has 2 saturated heterocycles. The first-order valence-corrected chi connectivity index (χ1v) is 10.1. The molecule has 4 rings (SSSR count). The maximum atomic E-state index is 12.8. The number of methoxy groups -OCH3 is 1. The number of hydrogen-bond acceptors (Lipinski definition) is 4. The molecule has 0 saturated carbocycles. The molecule has 152 valence electrons. The van der Waals surface area contributed by atoms with E-state index >= 15 is 0 Å². The van der Waals surface area contributed by atoms with Gasteiger partial charge in [0.2, 0.25) is 5.91 Å².